The van der Waals surface area contributed by atoms with Crippen LogP contribution in [-0.4, -0.2) is 19.0 Å². The van der Waals surface area contributed by atoms with E-state index in [9.17, 15) is 9.59 Å². The number of amides is 1. The fraction of sp³-hybridized carbons (Fsp3) is 0.400. The molecular weight excluding hydrogens is 564 g/mol. The number of nitrogens with one attached hydrogen (secondary N) is 2. The van der Waals surface area contributed by atoms with Crippen LogP contribution in [-0.2, 0) is 12.8 Å². The Labute approximate surface area is 236 Å². The Bertz CT molecular complexity index is 1400. The molecule has 200 valence electrons. The second-order valence-electron chi connectivity index (χ2n) is 10.8. The average molecular weight is 598 g/mol. The van der Waals surface area contributed by atoms with Crippen LogP contribution < -0.4 is 20.1 Å². The third-order valence-electron chi connectivity index (χ3n) is 8.13. The second-order valence-corrected chi connectivity index (χ2v) is 12.8. The molecular formula is C30H33BrN2O4S. The molecule has 3 aromatic rings. The fourth-order valence-corrected chi connectivity index (χ4v) is 7.16. The third kappa shape index (κ3) is 4.96. The Hall–Kier alpha value is -2.84. The lowest BCUT2D eigenvalue weighted by Gasteiger charge is -2.36. The number of fused-ring (bicyclic) bond motifs is 3. The summed E-state index contributed by atoms with van der Waals surface area (Å²) in [5.41, 5.74) is 4.59. The van der Waals surface area contributed by atoms with Crippen molar-refractivity contribution in [1.82, 2.24) is 5.32 Å². The number of anilines is 1. The zero-order valence-corrected chi connectivity index (χ0v) is 24.8. The normalized spacial score (nSPS) is 18.6. The van der Waals surface area contributed by atoms with Gasteiger partial charge < -0.3 is 20.1 Å². The molecule has 38 heavy (non-hydrogen) atoms. The van der Waals surface area contributed by atoms with Crippen molar-refractivity contribution in [1.29, 1.82) is 0 Å². The number of aryl methyl sites for hydroxylation is 1. The highest BCUT2D eigenvalue weighted by molar-refractivity contribution is 9.10. The molecule has 0 unspecified atom stereocenters. The molecule has 5 rings (SSSR count). The standard InChI is InChI=1S/C30H33BrN2O4S/c1-6-30(3,4)19-11-12-20-23(15-19)38-28-24(20)27(34)32-26(33-28)18-13-21(31)25(22(14-18)36-5)37-29(35)17-9-7-16(2)8-10-17/h7-10,13-14,19,26,33H,6,11-12,15H2,1-5H3,(H,32,34)/t19-,26-/m0/s1. The minimum absolute atomic E-state index is 0.0561. The Kier molecular flexibility index (Phi) is 7.31. The van der Waals surface area contributed by atoms with Gasteiger partial charge in [-0.1, -0.05) is 44.9 Å². The average Bonchev–Trinajstić information content (AvgIpc) is 3.28. The van der Waals surface area contributed by atoms with E-state index in [2.05, 4.69) is 47.3 Å². The van der Waals surface area contributed by atoms with Gasteiger partial charge in [-0.05, 0) is 88.8 Å². The molecule has 1 aromatic heterocycles. The van der Waals surface area contributed by atoms with E-state index in [4.69, 9.17) is 9.47 Å². The molecule has 1 amide bonds. The topological polar surface area (TPSA) is 76.7 Å². The van der Waals surface area contributed by atoms with Crippen LogP contribution in [0.4, 0.5) is 5.00 Å². The molecule has 0 bridgehead atoms. The van der Waals surface area contributed by atoms with Gasteiger partial charge >= 0.3 is 5.97 Å². The molecule has 2 aromatic carbocycles. The third-order valence-corrected chi connectivity index (χ3v) is 9.90. The van der Waals surface area contributed by atoms with E-state index in [1.54, 1.807) is 29.5 Å². The number of ether oxygens (including phenoxy) is 2. The smallest absolute Gasteiger partial charge is 0.343 e. The molecule has 2 aliphatic rings. The van der Waals surface area contributed by atoms with E-state index in [-0.39, 0.29) is 11.3 Å². The minimum atomic E-state index is -0.473. The van der Waals surface area contributed by atoms with Gasteiger partial charge in [-0.3, -0.25) is 4.79 Å². The zero-order valence-electron chi connectivity index (χ0n) is 22.4. The van der Waals surface area contributed by atoms with E-state index in [0.29, 0.717) is 27.5 Å². The molecule has 0 radical (unpaired) electrons. The van der Waals surface area contributed by atoms with Gasteiger partial charge in [0.15, 0.2) is 11.5 Å². The molecule has 2 N–H and O–H groups in total. The maximum absolute atomic E-state index is 13.3. The lowest BCUT2D eigenvalue weighted by molar-refractivity contribution is 0.0728. The Morgan fingerprint density at radius 1 is 1.18 bits per heavy atom. The van der Waals surface area contributed by atoms with Gasteiger partial charge in [0.2, 0.25) is 0 Å². The van der Waals surface area contributed by atoms with E-state index < -0.39 is 12.1 Å². The van der Waals surface area contributed by atoms with Crippen molar-refractivity contribution in [2.75, 3.05) is 12.4 Å². The number of esters is 1. The Balaban J connectivity index is 1.39. The molecule has 8 heteroatoms. The van der Waals surface area contributed by atoms with Crippen LogP contribution in [0.25, 0.3) is 0 Å². The van der Waals surface area contributed by atoms with Gasteiger partial charge in [-0.2, -0.15) is 0 Å². The maximum Gasteiger partial charge on any atom is 0.343 e. The number of hydrogen-bond donors (Lipinski definition) is 2. The van der Waals surface area contributed by atoms with E-state index in [0.717, 1.165) is 47.4 Å². The lowest BCUT2D eigenvalue weighted by atomic mass is 9.69. The van der Waals surface area contributed by atoms with E-state index >= 15 is 0 Å². The monoisotopic (exact) mass is 596 g/mol. The largest absolute Gasteiger partial charge is 0.493 e. The van der Waals surface area contributed by atoms with Gasteiger partial charge in [0.1, 0.15) is 11.2 Å². The van der Waals surface area contributed by atoms with Crippen LogP contribution in [0.3, 0.4) is 0 Å². The molecule has 0 saturated carbocycles. The first-order valence-corrected chi connectivity index (χ1v) is 14.6. The first-order valence-electron chi connectivity index (χ1n) is 13.0. The number of methoxy groups -OCH3 is 1. The summed E-state index contributed by atoms with van der Waals surface area (Å²) in [6, 6.07) is 10.8. The van der Waals surface area contributed by atoms with Crippen molar-refractivity contribution in [3.63, 3.8) is 0 Å². The number of carbonyl (C=O) groups excluding carboxylic acids is 2. The summed E-state index contributed by atoms with van der Waals surface area (Å²) in [7, 11) is 1.53. The van der Waals surface area contributed by atoms with Crippen LogP contribution >= 0.6 is 27.3 Å². The van der Waals surface area contributed by atoms with Gasteiger partial charge in [0, 0.05) is 4.88 Å². The highest BCUT2D eigenvalue weighted by Gasteiger charge is 2.37. The minimum Gasteiger partial charge on any atom is -0.493 e. The second kappa shape index (κ2) is 10.4. The molecule has 0 fully saturated rings. The summed E-state index contributed by atoms with van der Waals surface area (Å²) < 4.78 is 11.8. The predicted octanol–water partition coefficient (Wildman–Crippen LogP) is 7.44. The molecule has 2 atom stereocenters. The highest BCUT2D eigenvalue weighted by atomic mass is 79.9. The van der Waals surface area contributed by atoms with E-state index in [1.165, 1.54) is 17.6 Å². The van der Waals surface area contributed by atoms with Crippen LogP contribution in [0.5, 0.6) is 11.5 Å². The van der Waals surface area contributed by atoms with Gasteiger partial charge in [0.25, 0.3) is 5.91 Å². The number of rotatable bonds is 6. The quantitative estimate of drug-likeness (QED) is 0.228. The SMILES string of the molecule is CCC(C)(C)[C@H]1CCc2c(sc3c2C(=O)N[C@H](c2cc(Br)c(OC(=O)c4ccc(C)cc4)c(OC)c2)N3)C1. The molecule has 1 aliphatic carbocycles. The van der Waals surface area contributed by atoms with Crippen LogP contribution in [0.2, 0.25) is 0 Å². The molecule has 0 spiro atoms. The number of thiophene rings is 1. The molecule has 6 nitrogen and oxygen atoms in total. The number of hydrogen-bond acceptors (Lipinski definition) is 6. The number of halogens is 1. The van der Waals surface area contributed by atoms with Crippen molar-refractivity contribution in [3.8, 4) is 11.5 Å². The van der Waals surface area contributed by atoms with Crippen LogP contribution in [0, 0.1) is 18.3 Å². The predicted molar refractivity (Wildman–Crippen MR) is 155 cm³/mol. The molecule has 0 saturated heterocycles. The summed E-state index contributed by atoms with van der Waals surface area (Å²) in [5.74, 6) is 0.778. The zero-order chi connectivity index (χ0) is 27.2. The summed E-state index contributed by atoms with van der Waals surface area (Å²) in [5, 5.41) is 7.58. The van der Waals surface area contributed by atoms with Gasteiger partial charge in [-0.15, -0.1) is 11.3 Å². The summed E-state index contributed by atoms with van der Waals surface area (Å²) >= 11 is 5.26. The van der Waals surface area contributed by atoms with Crippen LogP contribution in [0.15, 0.2) is 40.9 Å². The van der Waals surface area contributed by atoms with Gasteiger partial charge in [0.05, 0.1) is 22.7 Å². The molecule has 2 heterocycles. The summed E-state index contributed by atoms with van der Waals surface area (Å²) in [6.45, 7) is 8.92. The van der Waals surface area contributed by atoms with Crippen molar-refractivity contribution < 1.29 is 19.1 Å². The van der Waals surface area contributed by atoms with Crippen LogP contribution in [0.1, 0.15) is 82.1 Å². The number of carbonyl (C=O) groups is 2. The van der Waals surface area contributed by atoms with Crippen molar-refractivity contribution in [2.24, 2.45) is 11.3 Å². The van der Waals surface area contributed by atoms with Crippen molar-refractivity contribution >= 4 is 44.1 Å². The maximum atomic E-state index is 13.3. The van der Waals surface area contributed by atoms with Crippen molar-refractivity contribution in [3.05, 3.63) is 73.6 Å². The number of benzene rings is 2. The first kappa shape index (κ1) is 26.8. The summed E-state index contributed by atoms with van der Waals surface area (Å²) in [4.78, 5) is 27.4. The summed E-state index contributed by atoms with van der Waals surface area (Å²) in [6.07, 6.45) is 3.78. The molecule has 1 aliphatic heterocycles. The Morgan fingerprint density at radius 3 is 2.61 bits per heavy atom. The lowest BCUT2D eigenvalue weighted by Crippen LogP contribution is -2.38. The van der Waals surface area contributed by atoms with Gasteiger partial charge in [-0.25, -0.2) is 4.79 Å². The van der Waals surface area contributed by atoms with Crippen molar-refractivity contribution in [2.45, 2.75) is 59.5 Å². The Morgan fingerprint density at radius 2 is 1.92 bits per heavy atom. The van der Waals surface area contributed by atoms with E-state index in [1.807, 2.05) is 25.1 Å². The highest BCUT2D eigenvalue weighted by Crippen LogP contribution is 2.47. The first-order chi connectivity index (χ1) is 18.1. The fourth-order valence-electron chi connectivity index (χ4n) is 5.27.